The standard InChI is InChI=1S/C15H26F3N3O2/c1-10(2)7-21(8-13(19)22)9-14(23)20-12-5-3-4-11(6-12)15(16,17)18/h10-12H,3-9H2,1-2H3,(H2,19,22)(H,20,23)/t11-,12-/m1/s1. The van der Waals surface area contributed by atoms with Crippen molar-refractivity contribution < 1.29 is 22.8 Å². The van der Waals surface area contributed by atoms with Gasteiger partial charge in [-0.25, -0.2) is 0 Å². The lowest BCUT2D eigenvalue weighted by Crippen LogP contribution is -2.47. The molecule has 0 aromatic heterocycles. The maximum atomic E-state index is 12.8. The number of amides is 2. The van der Waals surface area contributed by atoms with E-state index in [0.29, 0.717) is 19.4 Å². The van der Waals surface area contributed by atoms with Crippen LogP contribution < -0.4 is 11.1 Å². The third-order valence-corrected chi connectivity index (χ3v) is 3.87. The summed E-state index contributed by atoms with van der Waals surface area (Å²) in [6, 6.07) is -0.461. The first kappa shape index (κ1) is 19.7. The second-order valence-electron chi connectivity index (χ2n) is 6.70. The molecule has 1 aliphatic rings. The first-order valence-corrected chi connectivity index (χ1v) is 7.94. The molecule has 1 saturated carbocycles. The largest absolute Gasteiger partial charge is 0.391 e. The number of rotatable bonds is 7. The number of nitrogens with zero attached hydrogens (tertiary/aromatic N) is 1. The molecule has 0 radical (unpaired) electrons. The lowest BCUT2D eigenvalue weighted by atomic mass is 9.85. The molecule has 0 aliphatic heterocycles. The van der Waals surface area contributed by atoms with E-state index in [0.717, 1.165) is 0 Å². The normalized spacial score (nSPS) is 22.4. The van der Waals surface area contributed by atoms with E-state index < -0.39 is 24.0 Å². The van der Waals surface area contributed by atoms with Gasteiger partial charge in [0, 0.05) is 12.6 Å². The number of carbonyl (C=O) groups is 2. The molecule has 1 aliphatic carbocycles. The predicted octanol–water partition coefficient (Wildman–Crippen LogP) is 1.67. The predicted molar refractivity (Wildman–Crippen MR) is 80.4 cm³/mol. The van der Waals surface area contributed by atoms with Crippen LogP contribution in [0.3, 0.4) is 0 Å². The molecule has 0 bridgehead atoms. The Morgan fingerprint density at radius 2 is 1.91 bits per heavy atom. The summed E-state index contributed by atoms with van der Waals surface area (Å²) in [5.74, 6) is -2.00. The van der Waals surface area contributed by atoms with Gasteiger partial charge in [-0.05, 0) is 25.2 Å². The van der Waals surface area contributed by atoms with Crippen molar-refractivity contribution >= 4 is 11.8 Å². The van der Waals surface area contributed by atoms with Crippen molar-refractivity contribution in [2.24, 2.45) is 17.6 Å². The summed E-state index contributed by atoms with van der Waals surface area (Å²) in [6.45, 7) is 4.34. The molecule has 0 aromatic rings. The molecule has 1 fully saturated rings. The minimum Gasteiger partial charge on any atom is -0.369 e. The Hall–Kier alpha value is -1.31. The van der Waals surface area contributed by atoms with Crippen molar-refractivity contribution in [3.63, 3.8) is 0 Å². The van der Waals surface area contributed by atoms with Crippen molar-refractivity contribution in [1.82, 2.24) is 10.2 Å². The topological polar surface area (TPSA) is 75.4 Å². The molecule has 5 nitrogen and oxygen atoms in total. The number of alkyl halides is 3. The maximum Gasteiger partial charge on any atom is 0.391 e. The molecule has 0 aromatic carbocycles. The number of primary amides is 1. The average molecular weight is 337 g/mol. The van der Waals surface area contributed by atoms with Gasteiger partial charge in [0.15, 0.2) is 0 Å². The molecule has 0 heterocycles. The van der Waals surface area contributed by atoms with Crippen molar-refractivity contribution in [3.05, 3.63) is 0 Å². The second-order valence-corrected chi connectivity index (χ2v) is 6.70. The highest BCUT2D eigenvalue weighted by Gasteiger charge is 2.42. The van der Waals surface area contributed by atoms with Gasteiger partial charge in [-0.15, -0.1) is 0 Å². The summed E-state index contributed by atoms with van der Waals surface area (Å²) < 4.78 is 38.3. The second kappa shape index (κ2) is 8.52. The van der Waals surface area contributed by atoms with Crippen LogP contribution in [0, 0.1) is 11.8 Å². The van der Waals surface area contributed by atoms with Crippen LogP contribution in [0.25, 0.3) is 0 Å². The van der Waals surface area contributed by atoms with E-state index in [-0.39, 0.29) is 37.8 Å². The summed E-state index contributed by atoms with van der Waals surface area (Å²) >= 11 is 0. The van der Waals surface area contributed by atoms with Crippen LogP contribution in [-0.4, -0.2) is 48.6 Å². The summed E-state index contributed by atoms with van der Waals surface area (Å²) in [6.07, 6.45) is -3.16. The van der Waals surface area contributed by atoms with Gasteiger partial charge >= 0.3 is 6.18 Å². The van der Waals surface area contributed by atoms with Crippen LogP contribution in [-0.2, 0) is 9.59 Å². The van der Waals surface area contributed by atoms with Gasteiger partial charge in [0.2, 0.25) is 11.8 Å². The lowest BCUT2D eigenvalue weighted by Gasteiger charge is -2.31. The van der Waals surface area contributed by atoms with Gasteiger partial charge in [0.25, 0.3) is 0 Å². The Balaban J connectivity index is 2.51. The van der Waals surface area contributed by atoms with Crippen molar-refractivity contribution in [1.29, 1.82) is 0 Å². The van der Waals surface area contributed by atoms with Gasteiger partial charge < -0.3 is 11.1 Å². The molecule has 1 rings (SSSR count). The van der Waals surface area contributed by atoms with Crippen LogP contribution in [0.2, 0.25) is 0 Å². The number of nitrogens with two attached hydrogens (primary N) is 1. The molecule has 8 heteroatoms. The van der Waals surface area contributed by atoms with Crippen molar-refractivity contribution in [3.8, 4) is 0 Å². The zero-order chi connectivity index (χ0) is 17.6. The lowest BCUT2D eigenvalue weighted by molar-refractivity contribution is -0.184. The monoisotopic (exact) mass is 337 g/mol. The third-order valence-electron chi connectivity index (χ3n) is 3.87. The van der Waals surface area contributed by atoms with Crippen LogP contribution in [0.15, 0.2) is 0 Å². The first-order chi connectivity index (χ1) is 10.6. The fraction of sp³-hybridized carbons (Fsp3) is 0.867. The molecule has 0 spiro atoms. The highest BCUT2D eigenvalue weighted by molar-refractivity contribution is 5.80. The Morgan fingerprint density at radius 1 is 1.26 bits per heavy atom. The third kappa shape index (κ3) is 7.67. The molecular weight excluding hydrogens is 311 g/mol. The van der Waals surface area contributed by atoms with E-state index in [2.05, 4.69) is 5.32 Å². The highest BCUT2D eigenvalue weighted by atomic mass is 19.4. The van der Waals surface area contributed by atoms with Crippen LogP contribution in [0.1, 0.15) is 39.5 Å². The number of carbonyl (C=O) groups excluding carboxylic acids is 2. The van der Waals surface area contributed by atoms with Crippen molar-refractivity contribution in [2.45, 2.75) is 51.7 Å². The Kier molecular flexibility index (Phi) is 7.31. The van der Waals surface area contributed by atoms with E-state index >= 15 is 0 Å². The Labute approximate surface area is 134 Å². The quantitative estimate of drug-likeness (QED) is 0.742. The number of halogens is 3. The molecular formula is C15H26F3N3O2. The van der Waals surface area contributed by atoms with Crippen LogP contribution in [0.4, 0.5) is 13.2 Å². The summed E-state index contributed by atoms with van der Waals surface area (Å²) in [5.41, 5.74) is 5.16. The minimum absolute atomic E-state index is 0.0334. The number of hydrogen-bond donors (Lipinski definition) is 2. The zero-order valence-corrected chi connectivity index (χ0v) is 13.7. The zero-order valence-electron chi connectivity index (χ0n) is 13.7. The van der Waals surface area contributed by atoms with Crippen molar-refractivity contribution in [2.75, 3.05) is 19.6 Å². The smallest absolute Gasteiger partial charge is 0.369 e. The molecule has 134 valence electrons. The molecule has 23 heavy (non-hydrogen) atoms. The van der Waals surface area contributed by atoms with E-state index in [1.807, 2.05) is 13.8 Å². The van der Waals surface area contributed by atoms with Crippen LogP contribution in [0.5, 0.6) is 0 Å². The summed E-state index contributed by atoms with van der Waals surface area (Å²) in [7, 11) is 0. The number of nitrogens with one attached hydrogen (secondary N) is 1. The van der Waals surface area contributed by atoms with E-state index in [1.54, 1.807) is 4.90 Å². The fourth-order valence-electron chi connectivity index (χ4n) is 3.02. The minimum atomic E-state index is -4.21. The SMILES string of the molecule is CC(C)CN(CC(N)=O)CC(=O)N[C@@H]1CCC[C@@H](C(F)(F)F)C1. The fourth-order valence-corrected chi connectivity index (χ4v) is 3.02. The first-order valence-electron chi connectivity index (χ1n) is 7.94. The van der Waals surface area contributed by atoms with E-state index in [4.69, 9.17) is 5.73 Å². The van der Waals surface area contributed by atoms with Gasteiger partial charge in [-0.2, -0.15) is 13.2 Å². The Bertz CT molecular complexity index is 413. The Morgan fingerprint density at radius 3 is 2.43 bits per heavy atom. The number of hydrogen-bond acceptors (Lipinski definition) is 3. The molecule has 2 amide bonds. The molecule has 2 atom stereocenters. The molecule has 3 N–H and O–H groups in total. The van der Waals surface area contributed by atoms with E-state index in [9.17, 15) is 22.8 Å². The highest BCUT2D eigenvalue weighted by Crippen LogP contribution is 2.37. The van der Waals surface area contributed by atoms with Crippen LogP contribution >= 0.6 is 0 Å². The average Bonchev–Trinajstić information content (AvgIpc) is 2.35. The summed E-state index contributed by atoms with van der Waals surface area (Å²) in [5, 5.41) is 2.67. The van der Waals surface area contributed by atoms with Gasteiger partial charge in [-0.1, -0.05) is 20.3 Å². The molecule has 0 saturated heterocycles. The molecule has 0 unspecified atom stereocenters. The van der Waals surface area contributed by atoms with Gasteiger partial charge in [0.1, 0.15) is 0 Å². The summed E-state index contributed by atoms with van der Waals surface area (Å²) in [4.78, 5) is 24.7. The maximum absolute atomic E-state index is 12.8. The van der Waals surface area contributed by atoms with Gasteiger partial charge in [0.05, 0.1) is 19.0 Å². The van der Waals surface area contributed by atoms with Gasteiger partial charge in [-0.3, -0.25) is 14.5 Å². The van der Waals surface area contributed by atoms with E-state index in [1.165, 1.54) is 0 Å².